The normalized spacial score (nSPS) is 12.2. The Morgan fingerprint density at radius 3 is 2.33 bits per heavy atom. The number of amides is 1. The van der Waals surface area contributed by atoms with Crippen LogP contribution < -0.4 is 5.32 Å². The maximum Gasteiger partial charge on any atom is 0.234 e. The van der Waals surface area contributed by atoms with Crippen LogP contribution in [0.25, 0.3) is 0 Å². The Kier molecular flexibility index (Phi) is 7.64. The first-order chi connectivity index (χ1) is 7.13. The molecule has 3 nitrogen and oxygen atoms in total. The molecule has 86 valence electrons. The predicted octanol–water partition coefficient (Wildman–Crippen LogP) is 1.58. The van der Waals surface area contributed by atoms with Gasteiger partial charge in [-0.2, -0.15) is 0 Å². The Hall–Kier alpha value is -1.09. The highest BCUT2D eigenvalue weighted by atomic mass is 16.2. The molecule has 1 unspecified atom stereocenters. The van der Waals surface area contributed by atoms with Crippen LogP contribution in [0, 0.1) is 0 Å². The summed E-state index contributed by atoms with van der Waals surface area (Å²) in [6, 6.07) is 0.242. The van der Waals surface area contributed by atoms with Gasteiger partial charge in [0.1, 0.15) is 0 Å². The van der Waals surface area contributed by atoms with E-state index in [0.29, 0.717) is 19.6 Å². The summed E-state index contributed by atoms with van der Waals surface area (Å²) in [5.74, 6) is 0.0630. The molecule has 0 aliphatic carbocycles. The lowest BCUT2D eigenvalue weighted by Crippen LogP contribution is -2.41. The van der Waals surface area contributed by atoms with Gasteiger partial charge < -0.3 is 5.32 Å². The van der Waals surface area contributed by atoms with Crippen LogP contribution in [0.3, 0.4) is 0 Å². The standard InChI is InChI=1S/C12H22N2O/c1-5-8-14(9-6-2)10-12(15)13-11(4)7-3/h5-6,11H,1-2,7-10H2,3-4H3,(H,13,15). The first-order valence-electron chi connectivity index (χ1n) is 5.37. The summed E-state index contributed by atoms with van der Waals surface area (Å²) in [6.07, 6.45) is 4.54. The van der Waals surface area contributed by atoms with Crippen molar-refractivity contribution in [3.8, 4) is 0 Å². The Balaban J connectivity index is 3.97. The van der Waals surface area contributed by atoms with Crippen molar-refractivity contribution in [1.29, 1.82) is 0 Å². The minimum absolute atomic E-state index is 0.0630. The van der Waals surface area contributed by atoms with Gasteiger partial charge in [-0.05, 0) is 13.3 Å². The lowest BCUT2D eigenvalue weighted by Gasteiger charge is -2.19. The summed E-state index contributed by atoms with van der Waals surface area (Å²) >= 11 is 0. The fourth-order valence-electron chi connectivity index (χ4n) is 1.19. The van der Waals surface area contributed by atoms with Crippen LogP contribution in [0.5, 0.6) is 0 Å². The van der Waals surface area contributed by atoms with Crippen molar-refractivity contribution in [2.75, 3.05) is 19.6 Å². The van der Waals surface area contributed by atoms with Crippen molar-refractivity contribution in [2.24, 2.45) is 0 Å². The second-order valence-electron chi connectivity index (χ2n) is 3.65. The zero-order valence-corrected chi connectivity index (χ0v) is 9.83. The Morgan fingerprint density at radius 2 is 1.93 bits per heavy atom. The van der Waals surface area contributed by atoms with E-state index in [1.54, 1.807) is 12.2 Å². The summed E-state index contributed by atoms with van der Waals surface area (Å²) in [5.41, 5.74) is 0. The molecule has 1 amide bonds. The highest BCUT2D eigenvalue weighted by Crippen LogP contribution is 1.92. The van der Waals surface area contributed by atoms with Gasteiger partial charge in [0.25, 0.3) is 0 Å². The van der Waals surface area contributed by atoms with E-state index >= 15 is 0 Å². The number of nitrogens with one attached hydrogen (secondary N) is 1. The third kappa shape index (κ3) is 6.91. The fraction of sp³-hybridized carbons (Fsp3) is 0.583. The molecule has 0 saturated heterocycles. The molecule has 0 aliphatic heterocycles. The van der Waals surface area contributed by atoms with Crippen molar-refractivity contribution < 1.29 is 4.79 Å². The van der Waals surface area contributed by atoms with Crippen LogP contribution in [0.15, 0.2) is 25.3 Å². The molecule has 0 aromatic carbocycles. The van der Waals surface area contributed by atoms with Gasteiger partial charge in [-0.15, -0.1) is 13.2 Å². The number of hydrogen-bond acceptors (Lipinski definition) is 2. The summed E-state index contributed by atoms with van der Waals surface area (Å²) in [6.45, 7) is 13.2. The maximum atomic E-state index is 11.6. The highest BCUT2D eigenvalue weighted by Gasteiger charge is 2.09. The lowest BCUT2D eigenvalue weighted by molar-refractivity contribution is -0.122. The van der Waals surface area contributed by atoms with E-state index in [4.69, 9.17) is 0 Å². The molecule has 0 aromatic rings. The summed E-state index contributed by atoms with van der Waals surface area (Å²) in [7, 11) is 0. The van der Waals surface area contributed by atoms with Crippen LogP contribution >= 0.6 is 0 Å². The molecular formula is C12H22N2O. The van der Waals surface area contributed by atoms with Gasteiger partial charge >= 0.3 is 0 Å². The number of nitrogens with zero attached hydrogens (tertiary/aromatic N) is 1. The van der Waals surface area contributed by atoms with E-state index in [0.717, 1.165) is 6.42 Å². The van der Waals surface area contributed by atoms with E-state index < -0.39 is 0 Å². The van der Waals surface area contributed by atoms with Gasteiger partial charge in [0, 0.05) is 19.1 Å². The molecule has 1 N–H and O–H groups in total. The van der Waals surface area contributed by atoms with E-state index in [2.05, 4.69) is 25.4 Å². The van der Waals surface area contributed by atoms with Crippen molar-refractivity contribution in [2.45, 2.75) is 26.3 Å². The van der Waals surface area contributed by atoms with Gasteiger partial charge in [0.2, 0.25) is 5.91 Å². The van der Waals surface area contributed by atoms with E-state index in [9.17, 15) is 4.79 Å². The van der Waals surface area contributed by atoms with Gasteiger partial charge in [-0.25, -0.2) is 0 Å². The third-order valence-electron chi connectivity index (χ3n) is 2.16. The molecule has 0 heterocycles. The van der Waals surface area contributed by atoms with Gasteiger partial charge in [0.15, 0.2) is 0 Å². The summed E-state index contributed by atoms with van der Waals surface area (Å²) in [5, 5.41) is 2.93. The molecule has 0 aliphatic rings. The van der Waals surface area contributed by atoms with Crippen LogP contribution in [-0.2, 0) is 4.79 Å². The SMILES string of the molecule is C=CCN(CC=C)CC(=O)NC(C)CC. The molecule has 0 radical (unpaired) electrons. The van der Waals surface area contributed by atoms with Gasteiger partial charge in [-0.1, -0.05) is 19.1 Å². The van der Waals surface area contributed by atoms with Crippen molar-refractivity contribution in [3.05, 3.63) is 25.3 Å². The first-order valence-corrected chi connectivity index (χ1v) is 5.37. The van der Waals surface area contributed by atoms with Crippen molar-refractivity contribution in [3.63, 3.8) is 0 Å². The lowest BCUT2D eigenvalue weighted by atomic mass is 10.2. The molecule has 0 spiro atoms. The number of carbonyl (C=O) groups excluding carboxylic acids is 1. The minimum atomic E-state index is 0.0630. The topological polar surface area (TPSA) is 32.3 Å². The van der Waals surface area contributed by atoms with E-state index in [1.165, 1.54) is 0 Å². The Labute approximate surface area is 92.8 Å². The van der Waals surface area contributed by atoms with E-state index in [1.807, 2.05) is 11.8 Å². The third-order valence-corrected chi connectivity index (χ3v) is 2.16. The Bertz CT molecular complexity index is 204. The highest BCUT2D eigenvalue weighted by molar-refractivity contribution is 5.78. The predicted molar refractivity (Wildman–Crippen MR) is 64.7 cm³/mol. The average Bonchev–Trinajstić information content (AvgIpc) is 2.18. The van der Waals surface area contributed by atoms with Gasteiger partial charge in [-0.3, -0.25) is 9.69 Å². The largest absolute Gasteiger partial charge is 0.353 e. The number of hydrogen-bond donors (Lipinski definition) is 1. The molecule has 0 rings (SSSR count). The molecule has 3 heteroatoms. The quantitative estimate of drug-likeness (QED) is 0.617. The summed E-state index contributed by atoms with van der Waals surface area (Å²) in [4.78, 5) is 13.5. The smallest absolute Gasteiger partial charge is 0.234 e. The van der Waals surface area contributed by atoms with E-state index in [-0.39, 0.29) is 11.9 Å². The molecule has 0 fully saturated rings. The van der Waals surface area contributed by atoms with Crippen LogP contribution in [0.1, 0.15) is 20.3 Å². The number of rotatable bonds is 8. The Morgan fingerprint density at radius 1 is 1.40 bits per heavy atom. The van der Waals surface area contributed by atoms with Crippen molar-refractivity contribution >= 4 is 5.91 Å². The van der Waals surface area contributed by atoms with Crippen LogP contribution in [0.2, 0.25) is 0 Å². The zero-order chi connectivity index (χ0) is 11.7. The fourth-order valence-corrected chi connectivity index (χ4v) is 1.19. The maximum absolute atomic E-state index is 11.6. The molecule has 0 aromatic heterocycles. The molecular weight excluding hydrogens is 188 g/mol. The molecule has 15 heavy (non-hydrogen) atoms. The van der Waals surface area contributed by atoms with Crippen LogP contribution in [0.4, 0.5) is 0 Å². The second kappa shape index (κ2) is 8.24. The zero-order valence-electron chi connectivity index (χ0n) is 9.83. The van der Waals surface area contributed by atoms with Crippen molar-refractivity contribution in [1.82, 2.24) is 10.2 Å². The van der Waals surface area contributed by atoms with Gasteiger partial charge in [0.05, 0.1) is 6.54 Å². The minimum Gasteiger partial charge on any atom is -0.353 e. The summed E-state index contributed by atoms with van der Waals surface area (Å²) < 4.78 is 0. The first kappa shape index (κ1) is 13.9. The molecule has 0 saturated carbocycles. The molecule has 1 atom stereocenters. The number of carbonyl (C=O) groups is 1. The monoisotopic (exact) mass is 210 g/mol. The average molecular weight is 210 g/mol. The second-order valence-corrected chi connectivity index (χ2v) is 3.65. The van der Waals surface area contributed by atoms with Crippen LogP contribution in [-0.4, -0.2) is 36.5 Å². The molecule has 0 bridgehead atoms.